The van der Waals surface area contributed by atoms with Crippen LogP contribution >= 0.6 is 0 Å². The SMILES string of the molecule is C[N+]1(CCCS(=O)(=O)O)CCOCC1.[Ag]. The van der Waals surface area contributed by atoms with Gasteiger partial charge in [-0.25, -0.2) is 0 Å². The molecule has 1 heterocycles. The van der Waals surface area contributed by atoms with Crippen LogP contribution in [0, 0.1) is 0 Å². The molecule has 1 radical (unpaired) electrons. The predicted molar refractivity (Wildman–Crippen MR) is 52.6 cm³/mol. The van der Waals surface area contributed by atoms with Gasteiger partial charge in [0.1, 0.15) is 13.1 Å². The smallest absolute Gasteiger partial charge is 0.265 e. The number of morpholine rings is 1. The van der Waals surface area contributed by atoms with Crippen molar-refractivity contribution in [2.45, 2.75) is 6.42 Å². The second-order valence-corrected chi connectivity index (χ2v) is 5.61. The third-order valence-corrected chi connectivity index (χ3v) is 3.46. The predicted octanol–water partition coefficient (Wildman–Crippen LogP) is -0.261. The topological polar surface area (TPSA) is 63.6 Å². The van der Waals surface area contributed by atoms with E-state index in [-0.39, 0.29) is 28.1 Å². The molecular weight excluding hydrogens is 314 g/mol. The van der Waals surface area contributed by atoms with Gasteiger partial charge in [0, 0.05) is 28.8 Å². The maximum absolute atomic E-state index is 10.5. The van der Waals surface area contributed by atoms with Gasteiger partial charge < -0.3 is 9.22 Å². The van der Waals surface area contributed by atoms with E-state index in [0.29, 0.717) is 6.42 Å². The van der Waals surface area contributed by atoms with Gasteiger partial charge in [0.05, 0.1) is 32.6 Å². The summed E-state index contributed by atoms with van der Waals surface area (Å²) < 4.78 is 35.6. The molecule has 1 aliphatic rings. The van der Waals surface area contributed by atoms with E-state index < -0.39 is 10.1 Å². The second-order valence-electron chi connectivity index (χ2n) is 4.04. The largest absolute Gasteiger partial charge is 0.370 e. The summed E-state index contributed by atoms with van der Waals surface area (Å²) in [6, 6.07) is 0. The first-order chi connectivity index (χ1) is 6.41. The summed E-state index contributed by atoms with van der Waals surface area (Å²) in [5.41, 5.74) is 0. The van der Waals surface area contributed by atoms with Crippen molar-refractivity contribution in [3.63, 3.8) is 0 Å². The Labute approximate surface area is 107 Å². The monoisotopic (exact) mass is 331 g/mol. The zero-order valence-electron chi connectivity index (χ0n) is 8.78. The number of quaternary nitrogens is 1. The third-order valence-electron chi connectivity index (χ3n) is 2.65. The molecule has 1 saturated heterocycles. The van der Waals surface area contributed by atoms with E-state index in [2.05, 4.69) is 7.05 Å². The zero-order chi connectivity index (χ0) is 10.7. The molecule has 0 spiro atoms. The Kier molecular flexibility index (Phi) is 6.58. The summed E-state index contributed by atoms with van der Waals surface area (Å²) in [5.74, 6) is -0.137. The summed E-state index contributed by atoms with van der Waals surface area (Å²) >= 11 is 0. The van der Waals surface area contributed by atoms with Crippen LogP contribution in [-0.4, -0.2) is 63.1 Å². The van der Waals surface area contributed by atoms with Gasteiger partial charge in [0.15, 0.2) is 0 Å². The molecule has 0 bridgehead atoms. The molecule has 0 atom stereocenters. The third kappa shape index (κ3) is 6.68. The van der Waals surface area contributed by atoms with Crippen LogP contribution in [0.15, 0.2) is 0 Å². The molecule has 7 heteroatoms. The molecule has 1 aliphatic heterocycles. The van der Waals surface area contributed by atoms with E-state index in [9.17, 15) is 8.42 Å². The number of hydrogen-bond donors (Lipinski definition) is 1. The van der Waals surface area contributed by atoms with E-state index in [0.717, 1.165) is 37.3 Å². The van der Waals surface area contributed by atoms with Crippen molar-refractivity contribution >= 4 is 10.1 Å². The van der Waals surface area contributed by atoms with Crippen LogP contribution in [0.2, 0.25) is 0 Å². The van der Waals surface area contributed by atoms with Gasteiger partial charge in [-0.05, 0) is 0 Å². The van der Waals surface area contributed by atoms with Gasteiger partial charge in [-0.2, -0.15) is 8.42 Å². The van der Waals surface area contributed by atoms with Crippen LogP contribution in [0.25, 0.3) is 0 Å². The molecule has 1 rings (SSSR count). The summed E-state index contributed by atoms with van der Waals surface area (Å²) in [6.07, 6.45) is 0.509. The van der Waals surface area contributed by atoms with Crippen molar-refractivity contribution in [1.82, 2.24) is 0 Å². The standard InChI is InChI=1S/C8H17NO4S.Ag/c1-9(4-6-13-7-5-9)3-2-8-14(10,11)12;/h2-8H2,1H3;/p+1. The van der Waals surface area contributed by atoms with Crippen molar-refractivity contribution in [3.8, 4) is 0 Å². The minimum atomic E-state index is -3.79. The first-order valence-corrected chi connectivity index (χ1v) is 6.39. The number of nitrogens with zero attached hydrogens (tertiary/aromatic N) is 1. The molecular formula is C8H18AgNO4S+. The second kappa shape index (κ2) is 6.34. The van der Waals surface area contributed by atoms with Crippen LogP contribution in [0.5, 0.6) is 0 Å². The maximum Gasteiger partial charge on any atom is 0.265 e. The summed E-state index contributed by atoms with van der Waals surface area (Å²) in [4.78, 5) is 0. The molecule has 1 N–H and O–H groups in total. The molecule has 0 aromatic heterocycles. The number of ether oxygens (including phenoxy) is 1. The van der Waals surface area contributed by atoms with Crippen molar-refractivity contribution in [2.75, 3.05) is 45.6 Å². The summed E-state index contributed by atoms with van der Waals surface area (Å²) in [6.45, 7) is 4.10. The minimum absolute atomic E-state index is 0. The zero-order valence-corrected chi connectivity index (χ0v) is 11.1. The molecule has 0 saturated carbocycles. The minimum Gasteiger partial charge on any atom is -0.370 e. The first-order valence-electron chi connectivity index (χ1n) is 4.78. The Bertz CT molecular complexity index is 274. The van der Waals surface area contributed by atoms with Gasteiger partial charge >= 0.3 is 0 Å². The van der Waals surface area contributed by atoms with E-state index in [1.165, 1.54) is 0 Å². The average Bonchev–Trinajstić information content (AvgIpc) is 2.02. The fourth-order valence-corrected chi connectivity index (χ4v) is 2.13. The summed E-state index contributed by atoms with van der Waals surface area (Å²) in [7, 11) is -1.70. The van der Waals surface area contributed by atoms with Crippen LogP contribution in [-0.2, 0) is 37.2 Å². The molecule has 0 aliphatic carbocycles. The molecule has 0 amide bonds. The maximum atomic E-state index is 10.5. The first kappa shape index (κ1) is 15.6. The van der Waals surface area contributed by atoms with Crippen molar-refractivity contribution in [2.24, 2.45) is 0 Å². The van der Waals surface area contributed by atoms with Gasteiger partial charge in [-0.15, -0.1) is 0 Å². The summed E-state index contributed by atoms with van der Waals surface area (Å²) in [5, 5.41) is 0. The normalized spacial score (nSPS) is 20.7. The van der Waals surface area contributed by atoms with E-state index in [1.807, 2.05) is 0 Å². The molecule has 0 aromatic rings. The number of likely N-dealkylation sites (N-methyl/N-ethyl adjacent to an activating group) is 1. The Morgan fingerprint density at radius 3 is 2.33 bits per heavy atom. The van der Waals surface area contributed by atoms with E-state index >= 15 is 0 Å². The van der Waals surface area contributed by atoms with Crippen molar-refractivity contribution in [1.29, 1.82) is 0 Å². The molecule has 0 unspecified atom stereocenters. The molecule has 95 valence electrons. The molecule has 1 fully saturated rings. The Balaban J connectivity index is 0.00000196. The number of rotatable bonds is 4. The van der Waals surface area contributed by atoms with Crippen molar-refractivity contribution in [3.05, 3.63) is 0 Å². The van der Waals surface area contributed by atoms with Gasteiger partial charge in [0.25, 0.3) is 10.1 Å². The van der Waals surface area contributed by atoms with Crippen molar-refractivity contribution < 1.29 is 44.6 Å². The van der Waals surface area contributed by atoms with Crippen LogP contribution in [0.1, 0.15) is 6.42 Å². The average molecular weight is 332 g/mol. The molecule has 15 heavy (non-hydrogen) atoms. The fourth-order valence-electron chi connectivity index (χ4n) is 1.64. The molecule has 5 nitrogen and oxygen atoms in total. The molecule has 0 aromatic carbocycles. The Morgan fingerprint density at radius 2 is 1.87 bits per heavy atom. The van der Waals surface area contributed by atoms with Gasteiger partial charge in [0.2, 0.25) is 0 Å². The number of hydrogen-bond acceptors (Lipinski definition) is 3. The van der Waals surface area contributed by atoms with Crippen LogP contribution in [0.4, 0.5) is 0 Å². The Morgan fingerprint density at radius 1 is 1.33 bits per heavy atom. The van der Waals surface area contributed by atoms with Gasteiger partial charge in [-0.1, -0.05) is 0 Å². The van der Waals surface area contributed by atoms with E-state index in [4.69, 9.17) is 9.29 Å². The fraction of sp³-hybridized carbons (Fsp3) is 1.00. The van der Waals surface area contributed by atoms with Gasteiger partial charge in [-0.3, -0.25) is 4.55 Å². The van der Waals surface area contributed by atoms with Crippen LogP contribution < -0.4 is 0 Å². The quantitative estimate of drug-likeness (QED) is 0.438. The Hall–Kier alpha value is 0.570. The van der Waals surface area contributed by atoms with E-state index in [1.54, 1.807) is 0 Å². The van der Waals surface area contributed by atoms with Crippen LogP contribution in [0.3, 0.4) is 0 Å².